The molecule has 1 aromatic carbocycles. The highest BCUT2D eigenvalue weighted by atomic mass is 79.9. The summed E-state index contributed by atoms with van der Waals surface area (Å²) >= 11 is 3.47. The van der Waals surface area contributed by atoms with Crippen LogP contribution in [0.3, 0.4) is 0 Å². The van der Waals surface area contributed by atoms with Gasteiger partial charge in [-0.05, 0) is 31.5 Å². The topological polar surface area (TPSA) is 32.3 Å². The lowest BCUT2D eigenvalue weighted by atomic mass is 10.1. The van der Waals surface area contributed by atoms with Crippen molar-refractivity contribution in [1.29, 1.82) is 0 Å². The van der Waals surface area contributed by atoms with Gasteiger partial charge < -0.3 is 10.2 Å². The first-order valence-corrected chi connectivity index (χ1v) is 6.66. The van der Waals surface area contributed by atoms with Crippen LogP contribution in [0.5, 0.6) is 0 Å². The summed E-state index contributed by atoms with van der Waals surface area (Å²) in [6.45, 7) is 6.52. The minimum Gasteiger partial charge on any atom is -0.336 e. The molecule has 2 rings (SSSR count). The maximum atomic E-state index is 12.4. The first kappa shape index (κ1) is 15.5. The molecule has 3 nitrogen and oxygen atoms in total. The van der Waals surface area contributed by atoms with Crippen molar-refractivity contribution in [3.8, 4) is 0 Å². The van der Waals surface area contributed by atoms with E-state index in [1.54, 1.807) is 0 Å². The summed E-state index contributed by atoms with van der Waals surface area (Å²) in [6, 6.07) is 6.15. The van der Waals surface area contributed by atoms with Crippen molar-refractivity contribution in [2.24, 2.45) is 0 Å². The van der Waals surface area contributed by atoms with Gasteiger partial charge in [0.15, 0.2) is 0 Å². The molecule has 18 heavy (non-hydrogen) atoms. The Balaban J connectivity index is 0.00000162. The summed E-state index contributed by atoms with van der Waals surface area (Å²) in [5.41, 5.74) is 1.82. The van der Waals surface area contributed by atoms with Crippen molar-refractivity contribution in [3.63, 3.8) is 0 Å². The summed E-state index contributed by atoms with van der Waals surface area (Å²) in [5, 5.41) is 3.34. The second-order valence-corrected chi connectivity index (χ2v) is 5.37. The Bertz CT molecular complexity index is 439. The van der Waals surface area contributed by atoms with Gasteiger partial charge in [-0.15, -0.1) is 12.4 Å². The fraction of sp³-hybridized carbons (Fsp3) is 0.462. The average Bonchev–Trinajstić information content (AvgIpc) is 2.32. The molecule has 0 bridgehead atoms. The fourth-order valence-corrected chi connectivity index (χ4v) is 2.49. The standard InChI is InChI=1S/C13H17BrN2O.ClH/c1-9-8-16(7-6-15-9)13(17)11-4-3-5-12(14)10(11)2;/h3-5,9,15H,6-8H2,1-2H3;1H/t9-;/m0./s1. The zero-order valence-corrected chi connectivity index (χ0v) is 13.0. The van der Waals surface area contributed by atoms with E-state index in [2.05, 4.69) is 28.2 Å². The quantitative estimate of drug-likeness (QED) is 0.857. The predicted octanol–water partition coefficient (Wildman–Crippen LogP) is 2.61. The number of nitrogens with one attached hydrogen (secondary N) is 1. The van der Waals surface area contributed by atoms with Crippen LogP contribution in [0.4, 0.5) is 0 Å². The van der Waals surface area contributed by atoms with E-state index in [1.807, 2.05) is 30.0 Å². The summed E-state index contributed by atoms with van der Waals surface area (Å²) < 4.78 is 0.992. The third-order valence-corrected chi connectivity index (χ3v) is 4.01. The second kappa shape index (κ2) is 6.55. The van der Waals surface area contributed by atoms with Gasteiger partial charge in [-0.2, -0.15) is 0 Å². The van der Waals surface area contributed by atoms with Gasteiger partial charge in [0, 0.05) is 35.7 Å². The van der Waals surface area contributed by atoms with Crippen molar-refractivity contribution < 1.29 is 4.79 Å². The number of piperazine rings is 1. The molecular weight excluding hydrogens is 316 g/mol. The summed E-state index contributed by atoms with van der Waals surface area (Å²) in [7, 11) is 0. The van der Waals surface area contributed by atoms with Crippen LogP contribution >= 0.6 is 28.3 Å². The fourth-order valence-electron chi connectivity index (χ4n) is 2.13. The second-order valence-electron chi connectivity index (χ2n) is 4.52. The Morgan fingerprint density at radius 3 is 2.89 bits per heavy atom. The first-order chi connectivity index (χ1) is 8.09. The van der Waals surface area contributed by atoms with E-state index in [0.717, 1.165) is 35.2 Å². The lowest BCUT2D eigenvalue weighted by molar-refractivity contribution is 0.0708. The number of hydrogen-bond donors (Lipinski definition) is 1. The molecule has 1 N–H and O–H groups in total. The van der Waals surface area contributed by atoms with Crippen molar-refractivity contribution >= 4 is 34.2 Å². The molecule has 1 saturated heterocycles. The molecule has 0 radical (unpaired) electrons. The third kappa shape index (κ3) is 3.25. The molecular formula is C13H18BrClN2O. The number of halogens is 2. The van der Waals surface area contributed by atoms with E-state index >= 15 is 0 Å². The normalized spacial score (nSPS) is 19.3. The van der Waals surface area contributed by atoms with Gasteiger partial charge in [-0.1, -0.05) is 22.0 Å². The van der Waals surface area contributed by atoms with E-state index in [0.29, 0.717) is 6.04 Å². The monoisotopic (exact) mass is 332 g/mol. The smallest absolute Gasteiger partial charge is 0.254 e. The Hall–Kier alpha value is -0.580. The van der Waals surface area contributed by atoms with Gasteiger partial charge in [-0.25, -0.2) is 0 Å². The SMILES string of the molecule is Cc1c(Br)cccc1C(=O)N1CCN[C@@H](C)C1.Cl. The van der Waals surface area contributed by atoms with Crippen LogP contribution in [0.25, 0.3) is 0 Å². The van der Waals surface area contributed by atoms with Gasteiger partial charge >= 0.3 is 0 Å². The van der Waals surface area contributed by atoms with Gasteiger partial charge in [0.25, 0.3) is 5.91 Å². The molecule has 1 aliphatic rings. The van der Waals surface area contributed by atoms with Crippen molar-refractivity contribution in [3.05, 3.63) is 33.8 Å². The first-order valence-electron chi connectivity index (χ1n) is 5.87. The largest absolute Gasteiger partial charge is 0.336 e. The molecule has 0 aromatic heterocycles. The minimum atomic E-state index is 0. The highest BCUT2D eigenvalue weighted by Gasteiger charge is 2.22. The van der Waals surface area contributed by atoms with Crippen molar-refractivity contribution in [1.82, 2.24) is 10.2 Å². The molecule has 0 spiro atoms. The molecule has 100 valence electrons. The van der Waals surface area contributed by atoms with E-state index in [9.17, 15) is 4.79 Å². The van der Waals surface area contributed by atoms with E-state index in [-0.39, 0.29) is 18.3 Å². The van der Waals surface area contributed by atoms with Crippen LogP contribution < -0.4 is 5.32 Å². The van der Waals surface area contributed by atoms with E-state index < -0.39 is 0 Å². The molecule has 5 heteroatoms. The van der Waals surface area contributed by atoms with Gasteiger partial charge in [0.05, 0.1) is 0 Å². The number of amides is 1. The van der Waals surface area contributed by atoms with Crippen LogP contribution in [-0.2, 0) is 0 Å². The molecule has 1 heterocycles. The molecule has 1 aromatic rings. The maximum absolute atomic E-state index is 12.4. The van der Waals surface area contributed by atoms with Gasteiger partial charge in [-0.3, -0.25) is 4.79 Å². The van der Waals surface area contributed by atoms with Crippen molar-refractivity contribution in [2.75, 3.05) is 19.6 Å². The number of hydrogen-bond acceptors (Lipinski definition) is 2. The molecule has 1 atom stereocenters. The zero-order valence-electron chi connectivity index (χ0n) is 10.6. The number of carbonyl (C=O) groups excluding carboxylic acids is 1. The third-order valence-electron chi connectivity index (χ3n) is 3.15. The summed E-state index contributed by atoms with van der Waals surface area (Å²) in [5.74, 6) is 0.136. The molecule has 0 aliphatic carbocycles. The van der Waals surface area contributed by atoms with Gasteiger partial charge in [0.2, 0.25) is 0 Å². The molecule has 0 saturated carbocycles. The van der Waals surface area contributed by atoms with Crippen LogP contribution in [-0.4, -0.2) is 36.5 Å². The summed E-state index contributed by atoms with van der Waals surface area (Å²) in [6.07, 6.45) is 0. The van der Waals surface area contributed by atoms with Gasteiger partial charge in [0.1, 0.15) is 0 Å². The zero-order chi connectivity index (χ0) is 12.4. The lowest BCUT2D eigenvalue weighted by Crippen LogP contribution is -2.51. The maximum Gasteiger partial charge on any atom is 0.254 e. The molecule has 0 unspecified atom stereocenters. The number of benzene rings is 1. The highest BCUT2D eigenvalue weighted by molar-refractivity contribution is 9.10. The molecule has 1 amide bonds. The predicted molar refractivity (Wildman–Crippen MR) is 79.5 cm³/mol. The van der Waals surface area contributed by atoms with E-state index in [4.69, 9.17) is 0 Å². The minimum absolute atomic E-state index is 0. The number of nitrogens with zero attached hydrogens (tertiary/aromatic N) is 1. The Kier molecular flexibility index (Phi) is 5.63. The number of carbonyl (C=O) groups is 1. The van der Waals surface area contributed by atoms with Crippen LogP contribution in [0.2, 0.25) is 0 Å². The van der Waals surface area contributed by atoms with Crippen molar-refractivity contribution in [2.45, 2.75) is 19.9 Å². The summed E-state index contributed by atoms with van der Waals surface area (Å²) in [4.78, 5) is 14.3. The Labute approximate surface area is 122 Å². The highest BCUT2D eigenvalue weighted by Crippen LogP contribution is 2.21. The molecule has 1 aliphatic heterocycles. The van der Waals surface area contributed by atoms with Crippen LogP contribution in [0.1, 0.15) is 22.8 Å². The molecule has 1 fully saturated rings. The van der Waals surface area contributed by atoms with E-state index in [1.165, 1.54) is 0 Å². The van der Waals surface area contributed by atoms with Crippen LogP contribution in [0.15, 0.2) is 22.7 Å². The Morgan fingerprint density at radius 1 is 1.50 bits per heavy atom. The lowest BCUT2D eigenvalue weighted by Gasteiger charge is -2.32. The average molecular weight is 334 g/mol. The Morgan fingerprint density at radius 2 is 2.22 bits per heavy atom. The number of rotatable bonds is 1. The van der Waals surface area contributed by atoms with Crippen LogP contribution in [0, 0.1) is 6.92 Å².